The number of urea groups is 1. The lowest BCUT2D eigenvalue weighted by Gasteiger charge is -2.28. The molecule has 1 aromatic carbocycles. The average molecular weight is 422 g/mol. The lowest BCUT2D eigenvalue weighted by atomic mass is 10.2. The molecule has 1 atom stereocenters. The quantitative estimate of drug-likeness (QED) is 0.749. The molecule has 13 heteroatoms. The van der Waals surface area contributed by atoms with Crippen LogP contribution in [-0.2, 0) is 14.8 Å². The number of anilines is 1. The van der Waals surface area contributed by atoms with Crippen LogP contribution in [0.5, 0.6) is 0 Å². The molecule has 1 aliphatic rings. The molecule has 0 bridgehead atoms. The lowest BCUT2D eigenvalue weighted by molar-refractivity contribution is -0.121. The maximum Gasteiger partial charge on any atom is 0.336 e. The highest BCUT2D eigenvalue weighted by Crippen LogP contribution is 2.33. The van der Waals surface area contributed by atoms with Crippen molar-refractivity contribution in [3.8, 4) is 6.07 Å². The number of nitriles is 1. The van der Waals surface area contributed by atoms with Crippen molar-refractivity contribution in [1.82, 2.24) is 19.6 Å². The van der Waals surface area contributed by atoms with E-state index in [4.69, 9.17) is 5.26 Å². The molecule has 0 spiro atoms. The van der Waals surface area contributed by atoms with Crippen molar-refractivity contribution in [2.24, 2.45) is 0 Å². The third kappa shape index (κ3) is 3.69. The number of amides is 3. The topological polar surface area (TPSA) is 145 Å². The predicted octanol–water partition coefficient (Wildman–Crippen LogP) is 1.04. The van der Waals surface area contributed by atoms with Crippen molar-refractivity contribution < 1.29 is 26.8 Å². The zero-order valence-corrected chi connectivity index (χ0v) is 15.5. The first-order valence-electron chi connectivity index (χ1n) is 7.98. The molecule has 0 fully saturated rings. The zero-order chi connectivity index (χ0) is 21.3. The van der Waals surface area contributed by atoms with Gasteiger partial charge in [-0.3, -0.25) is 9.78 Å². The number of rotatable bonds is 4. The van der Waals surface area contributed by atoms with Crippen molar-refractivity contribution in [2.45, 2.75) is 17.9 Å². The highest BCUT2D eigenvalue weighted by molar-refractivity contribution is 7.90. The average Bonchev–Trinajstić information content (AvgIpc) is 2.67. The Morgan fingerprint density at radius 2 is 2.07 bits per heavy atom. The second-order valence-electron chi connectivity index (χ2n) is 5.91. The van der Waals surface area contributed by atoms with Crippen molar-refractivity contribution in [3.05, 3.63) is 47.5 Å². The molecule has 0 unspecified atom stereocenters. The molecular weight excluding hydrogens is 410 g/mol. The monoisotopic (exact) mass is 422 g/mol. The molecule has 10 nitrogen and oxygen atoms in total. The number of nitrogens with one attached hydrogen (secondary N) is 2. The first kappa shape index (κ1) is 20.1. The summed E-state index contributed by atoms with van der Waals surface area (Å²) in [5, 5.41) is 13.2. The fraction of sp³-hybridized carbons (Fsp3) is 0.188. The summed E-state index contributed by atoms with van der Waals surface area (Å²) < 4.78 is 52.8. The first-order valence-corrected chi connectivity index (χ1v) is 9.42. The second kappa shape index (κ2) is 7.40. The largest absolute Gasteiger partial charge is 0.346 e. The Hall–Kier alpha value is -3.66. The summed E-state index contributed by atoms with van der Waals surface area (Å²) in [6, 6.07) is 1.44. The number of carbonyl (C=O) groups is 2. The summed E-state index contributed by atoms with van der Waals surface area (Å²) in [6.07, 6.45) is 2.44. The van der Waals surface area contributed by atoms with Crippen LogP contribution in [0.2, 0.25) is 0 Å². The van der Waals surface area contributed by atoms with E-state index in [1.54, 1.807) is 6.07 Å². The molecule has 2 heterocycles. The van der Waals surface area contributed by atoms with Gasteiger partial charge in [-0.1, -0.05) is 0 Å². The Labute approximate surface area is 163 Å². The van der Waals surface area contributed by atoms with Gasteiger partial charge >= 0.3 is 6.03 Å². The number of hydrogen-bond donors (Lipinski definition) is 2. The number of nitrogens with zero attached hydrogens (tertiary/aromatic N) is 4. The van der Waals surface area contributed by atoms with Crippen LogP contribution in [0.4, 0.5) is 19.3 Å². The minimum atomic E-state index is -4.81. The van der Waals surface area contributed by atoms with E-state index in [0.29, 0.717) is 6.07 Å². The van der Waals surface area contributed by atoms with Gasteiger partial charge in [-0.05, 0) is 19.1 Å². The number of benzene rings is 1. The summed E-state index contributed by atoms with van der Waals surface area (Å²) in [6.45, 7) is 0.542. The summed E-state index contributed by atoms with van der Waals surface area (Å²) in [7, 11) is -4.81. The van der Waals surface area contributed by atoms with E-state index in [1.807, 2.05) is 0 Å². The number of fused-ring (bicyclic) bond motifs is 1. The van der Waals surface area contributed by atoms with Gasteiger partial charge in [0.1, 0.15) is 17.5 Å². The Kier molecular flexibility index (Phi) is 5.12. The van der Waals surface area contributed by atoms with E-state index in [0.717, 1.165) is 6.07 Å². The van der Waals surface area contributed by atoms with Gasteiger partial charge < -0.3 is 10.6 Å². The van der Waals surface area contributed by atoms with E-state index in [1.165, 1.54) is 19.3 Å². The van der Waals surface area contributed by atoms with Crippen molar-refractivity contribution in [1.29, 1.82) is 5.26 Å². The maximum absolute atomic E-state index is 14.0. The molecule has 1 aromatic heterocycles. The van der Waals surface area contributed by atoms with E-state index < -0.39 is 56.8 Å². The number of aromatic nitrogens is 2. The molecule has 29 heavy (non-hydrogen) atoms. The van der Waals surface area contributed by atoms with Crippen LogP contribution in [0.3, 0.4) is 0 Å². The molecule has 0 saturated carbocycles. The van der Waals surface area contributed by atoms with E-state index >= 15 is 0 Å². The SMILES string of the molecule is C[C@@H](NC(=O)CN1C(=O)Nc2ccc(F)c(F)c2S1(=O)=O)c1cnc(C#N)cn1. The molecule has 3 rings (SSSR count). The Bertz CT molecular complexity index is 1150. The van der Waals surface area contributed by atoms with Gasteiger partial charge in [0, 0.05) is 0 Å². The lowest BCUT2D eigenvalue weighted by Crippen LogP contribution is -2.49. The number of hydrogen-bond acceptors (Lipinski definition) is 7. The van der Waals surface area contributed by atoms with E-state index in [9.17, 15) is 26.8 Å². The van der Waals surface area contributed by atoms with Crippen LogP contribution in [0.15, 0.2) is 29.4 Å². The summed E-state index contributed by atoms with van der Waals surface area (Å²) >= 11 is 0. The van der Waals surface area contributed by atoms with Crippen molar-refractivity contribution in [2.75, 3.05) is 11.9 Å². The highest BCUT2D eigenvalue weighted by atomic mass is 32.2. The smallest absolute Gasteiger partial charge is 0.336 e. The van der Waals surface area contributed by atoms with Crippen LogP contribution in [0.1, 0.15) is 24.4 Å². The van der Waals surface area contributed by atoms with Crippen molar-refractivity contribution in [3.63, 3.8) is 0 Å². The predicted molar refractivity (Wildman–Crippen MR) is 92.6 cm³/mol. The number of carbonyl (C=O) groups excluding carboxylic acids is 2. The van der Waals surface area contributed by atoms with E-state index in [-0.39, 0.29) is 15.7 Å². The standard InChI is InChI=1S/C16H12F2N6O4S/c1-8(12-6-20-9(4-19)5-21-12)22-13(25)7-24-16(26)23-11-3-2-10(17)14(18)15(11)29(24,27)28/h2-3,5-6,8H,7H2,1H3,(H,22,25)(H,23,26)/t8-/m1/s1. The molecule has 0 aliphatic carbocycles. The minimum absolute atomic E-state index is 0.0660. The first-order chi connectivity index (χ1) is 13.6. The Morgan fingerprint density at radius 3 is 2.69 bits per heavy atom. The molecular formula is C16H12F2N6O4S. The van der Waals surface area contributed by atoms with Gasteiger partial charge in [0.2, 0.25) is 5.91 Å². The summed E-state index contributed by atoms with van der Waals surface area (Å²) in [4.78, 5) is 31.0. The molecule has 0 saturated heterocycles. The van der Waals surface area contributed by atoms with Crippen molar-refractivity contribution >= 4 is 27.6 Å². The number of halogens is 2. The molecule has 2 N–H and O–H groups in total. The van der Waals surface area contributed by atoms with Gasteiger partial charge in [0.25, 0.3) is 10.0 Å². The number of sulfonamides is 1. The molecule has 2 aromatic rings. The summed E-state index contributed by atoms with van der Waals surface area (Å²) in [5.41, 5.74) is -0.0789. The van der Waals surface area contributed by atoms with Crippen LogP contribution in [0, 0.1) is 23.0 Å². The third-order valence-corrected chi connectivity index (χ3v) is 5.75. The Morgan fingerprint density at radius 1 is 1.34 bits per heavy atom. The van der Waals surface area contributed by atoms with Crippen LogP contribution < -0.4 is 10.6 Å². The van der Waals surface area contributed by atoms with Gasteiger partial charge in [0.15, 0.2) is 17.3 Å². The van der Waals surface area contributed by atoms with Gasteiger partial charge in [-0.25, -0.2) is 31.3 Å². The Balaban J connectivity index is 1.80. The van der Waals surface area contributed by atoms with E-state index in [2.05, 4.69) is 20.6 Å². The van der Waals surface area contributed by atoms with Crippen LogP contribution in [0.25, 0.3) is 0 Å². The van der Waals surface area contributed by atoms with Crippen LogP contribution >= 0.6 is 0 Å². The van der Waals surface area contributed by atoms with Gasteiger partial charge in [-0.2, -0.15) is 5.26 Å². The fourth-order valence-corrected chi connectivity index (χ4v) is 4.04. The maximum atomic E-state index is 14.0. The minimum Gasteiger partial charge on any atom is -0.346 e. The molecule has 3 amide bonds. The third-order valence-electron chi connectivity index (χ3n) is 3.96. The molecule has 150 valence electrons. The van der Waals surface area contributed by atoms with Gasteiger partial charge in [0.05, 0.1) is 29.8 Å². The normalized spacial score (nSPS) is 15.7. The highest BCUT2D eigenvalue weighted by Gasteiger charge is 2.41. The fourth-order valence-electron chi connectivity index (χ4n) is 2.55. The zero-order valence-electron chi connectivity index (χ0n) is 14.7. The van der Waals surface area contributed by atoms with Crippen LogP contribution in [-0.4, -0.2) is 41.2 Å². The van der Waals surface area contributed by atoms with Gasteiger partial charge in [-0.15, -0.1) is 0 Å². The summed E-state index contributed by atoms with van der Waals surface area (Å²) in [5.74, 6) is -3.97. The second-order valence-corrected chi connectivity index (χ2v) is 7.71. The molecule has 0 radical (unpaired) electrons. The molecule has 1 aliphatic heterocycles.